The second kappa shape index (κ2) is 4.82. The average Bonchev–Trinajstić information content (AvgIpc) is 2.60. The van der Waals surface area contributed by atoms with Crippen LogP contribution in [-0.4, -0.2) is 42.9 Å². The Morgan fingerprint density at radius 2 is 2.19 bits per heavy atom. The monoisotopic (exact) mass is 227 g/mol. The number of rotatable bonds is 3. The summed E-state index contributed by atoms with van der Waals surface area (Å²) in [4.78, 5) is 25.2. The number of nitrogens with one attached hydrogen (secondary N) is 1. The Hall–Kier alpha value is -1.10. The molecule has 2 amide bonds. The largest absolute Gasteiger partial charge is 0.359 e. The van der Waals surface area contributed by atoms with Gasteiger partial charge >= 0.3 is 0 Å². The van der Waals surface area contributed by atoms with Gasteiger partial charge in [0.15, 0.2) is 0 Å². The van der Waals surface area contributed by atoms with Crippen LogP contribution in [0.4, 0.5) is 0 Å². The van der Waals surface area contributed by atoms with E-state index in [0.717, 1.165) is 6.42 Å². The molecule has 0 saturated carbocycles. The fourth-order valence-corrected chi connectivity index (χ4v) is 2.07. The second-order valence-corrected chi connectivity index (χ2v) is 4.89. The number of hydrogen-bond donors (Lipinski definition) is 2. The first kappa shape index (κ1) is 13.0. The summed E-state index contributed by atoms with van der Waals surface area (Å²) in [5, 5.41) is 2.65. The van der Waals surface area contributed by atoms with E-state index in [1.165, 1.54) is 0 Å². The maximum atomic E-state index is 11.8. The Morgan fingerprint density at radius 3 is 2.69 bits per heavy atom. The molecule has 1 heterocycles. The van der Waals surface area contributed by atoms with E-state index in [2.05, 4.69) is 5.32 Å². The van der Waals surface area contributed by atoms with Crippen LogP contribution in [-0.2, 0) is 9.59 Å². The van der Waals surface area contributed by atoms with Crippen LogP contribution in [0.2, 0.25) is 0 Å². The van der Waals surface area contributed by atoms with E-state index in [-0.39, 0.29) is 17.9 Å². The fraction of sp³-hybridized carbons (Fsp3) is 0.818. The number of likely N-dealkylation sites (tertiary alicyclic amines) is 1. The molecule has 1 aliphatic heterocycles. The first-order valence-electron chi connectivity index (χ1n) is 5.64. The lowest BCUT2D eigenvalue weighted by molar-refractivity contribution is -0.132. The predicted molar refractivity (Wildman–Crippen MR) is 61.6 cm³/mol. The molecule has 92 valence electrons. The Labute approximate surface area is 96.4 Å². The van der Waals surface area contributed by atoms with E-state index >= 15 is 0 Å². The van der Waals surface area contributed by atoms with Gasteiger partial charge in [-0.3, -0.25) is 9.59 Å². The van der Waals surface area contributed by atoms with Crippen LogP contribution in [0.15, 0.2) is 0 Å². The molecule has 5 nitrogen and oxygen atoms in total. The zero-order valence-electron chi connectivity index (χ0n) is 10.2. The van der Waals surface area contributed by atoms with Crippen LogP contribution in [0, 0.1) is 5.41 Å². The van der Waals surface area contributed by atoms with Gasteiger partial charge in [-0.2, -0.15) is 0 Å². The van der Waals surface area contributed by atoms with Crippen LogP contribution in [0.25, 0.3) is 0 Å². The Kier molecular flexibility index (Phi) is 3.91. The topological polar surface area (TPSA) is 75.4 Å². The van der Waals surface area contributed by atoms with Crippen molar-refractivity contribution in [2.24, 2.45) is 11.1 Å². The molecule has 0 spiro atoms. The maximum Gasteiger partial charge on any atom is 0.227 e. The van der Waals surface area contributed by atoms with E-state index in [0.29, 0.717) is 19.5 Å². The smallest absolute Gasteiger partial charge is 0.227 e. The highest BCUT2D eigenvalue weighted by Crippen LogP contribution is 2.30. The third kappa shape index (κ3) is 2.72. The summed E-state index contributed by atoms with van der Waals surface area (Å²) in [6.45, 7) is 4.85. The number of carbonyl (C=O) groups excluding carboxylic acids is 2. The van der Waals surface area contributed by atoms with Crippen molar-refractivity contribution in [2.75, 3.05) is 20.1 Å². The SMILES string of the molecule is CNC(=O)C1(C)CCN(C(=O)CC(C)N)C1. The minimum Gasteiger partial charge on any atom is -0.359 e. The number of carbonyl (C=O) groups is 2. The summed E-state index contributed by atoms with van der Waals surface area (Å²) in [7, 11) is 1.63. The molecule has 0 aromatic heterocycles. The minimum atomic E-state index is -0.442. The van der Waals surface area contributed by atoms with Gasteiger partial charge in [-0.1, -0.05) is 0 Å². The second-order valence-electron chi connectivity index (χ2n) is 4.89. The highest BCUT2D eigenvalue weighted by molar-refractivity contribution is 5.84. The van der Waals surface area contributed by atoms with Gasteiger partial charge in [-0.25, -0.2) is 0 Å². The molecule has 2 atom stereocenters. The molecule has 3 N–H and O–H groups in total. The van der Waals surface area contributed by atoms with Crippen LogP contribution >= 0.6 is 0 Å². The lowest BCUT2D eigenvalue weighted by atomic mass is 9.89. The van der Waals surface area contributed by atoms with Gasteiger partial charge in [0.25, 0.3) is 0 Å². The first-order chi connectivity index (χ1) is 7.39. The molecule has 0 radical (unpaired) electrons. The number of hydrogen-bond acceptors (Lipinski definition) is 3. The molecule has 0 aromatic rings. The van der Waals surface area contributed by atoms with Crippen molar-refractivity contribution in [3.63, 3.8) is 0 Å². The zero-order chi connectivity index (χ0) is 12.3. The van der Waals surface area contributed by atoms with Crippen molar-refractivity contribution in [1.29, 1.82) is 0 Å². The quantitative estimate of drug-likeness (QED) is 0.695. The summed E-state index contributed by atoms with van der Waals surface area (Å²) >= 11 is 0. The highest BCUT2D eigenvalue weighted by Gasteiger charge is 2.41. The van der Waals surface area contributed by atoms with E-state index in [1.807, 2.05) is 13.8 Å². The van der Waals surface area contributed by atoms with Gasteiger partial charge in [-0.15, -0.1) is 0 Å². The highest BCUT2D eigenvalue weighted by atomic mass is 16.2. The third-order valence-corrected chi connectivity index (χ3v) is 3.10. The molecule has 0 aromatic carbocycles. The van der Waals surface area contributed by atoms with Gasteiger partial charge in [-0.05, 0) is 20.3 Å². The lowest BCUT2D eigenvalue weighted by Gasteiger charge is -2.23. The van der Waals surface area contributed by atoms with Crippen molar-refractivity contribution in [3.8, 4) is 0 Å². The molecule has 1 fully saturated rings. The summed E-state index contributed by atoms with van der Waals surface area (Å²) < 4.78 is 0. The maximum absolute atomic E-state index is 11.8. The van der Waals surface area contributed by atoms with Crippen molar-refractivity contribution >= 4 is 11.8 Å². The molecule has 0 aliphatic carbocycles. The minimum absolute atomic E-state index is 0.00333. The van der Waals surface area contributed by atoms with E-state index in [4.69, 9.17) is 5.73 Å². The summed E-state index contributed by atoms with van der Waals surface area (Å²) in [5.41, 5.74) is 5.15. The van der Waals surface area contributed by atoms with Crippen LogP contribution in [0.1, 0.15) is 26.7 Å². The van der Waals surface area contributed by atoms with Gasteiger partial charge in [0.2, 0.25) is 11.8 Å². The standard InChI is InChI=1S/C11H21N3O2/c1-8(12)6-9(15)14-5-4-11(2,7-14)10(16)13-3/h8H,4-7,12H2,1-3H3,(H,13,16). The summed E-state index contributed by atoms with van der Waals surface area (Å²) in [5.74, 6) is 0.0474. The Balaban J connectivity index is 2.58. The predicted octanol–water partition coefficient (Wildman–Crippen LogP) is -0.292. The van der Waals surface area contributed by atoms with Gasteiger partial charge in [0.1, 0.15) is 0 Å². The van der Waals surface area contributed by atoms with Crippen LogP contribution in [0.5, 0.6) is 0 Å². The molecule has 1 saturated heterocycles. The number of nitrogens with two attached hydrogens (primary N) is 1. The normalized spacial score (nSPS) is 26.6. The molecular formula is C11H21N3O2. The average molecular weight is 227 g/mol. The molecule has 0 bridgehead atoms. The third-order valence-electron chi connectivity index (χ3n) is 3.10. The Morgan fingerprint density at radius 1 is 1.56 bits per heavy atom. The van der Waals surface area contributed by atoms with Gasteiger partial charge in [0, 0.05) is 32.6 Å². The van der Waals surface area contributed by atoms with Gasteiger partial charge in [0.05, 0.1) is 5.41 Å². The van der Waals surface area contributed by atoms with Crippen molar-refractivity contribution in [3.05, 3.63) is 0 Å². The molecule has 2 unspecified atom stereocenters. The van der Waals surface area contributed by atoms with Crippen LogP contribution in [0.3, 0.4) is 0 Å². The molecule has 5 heteroatoms. The van der Waals surface area contributed by atoms with Crippen LogP contribution < -0.4 is 11.1 Å². The van der Waals surface area contributed by atoms with E-state index in [9.17, 15) is 9.59 Å². The molecule has 1 rings (SSSR count). The molecule has 1 aliphatic rings. The van der Waals surface area contributed by atoms with E-state index < -0.39 is 5.41 Å². The lowest BCUT2D eigenvalue weighted by Crippen LogP contribution is -2.41. The van der Waals surface area contributed by atoms with E-state index in [1.54, 1.807) is 11.9 Å². The van der Waals surface area contributed by atoms with Crippen molar-refractivity contribution < 1.29 is 9.59 Å². The number of amides is 2. The van der Waals surface area contributed by atoms with Crippen molar-refractivity contribution in [2.45, 2.75) is 32.7 Å². The molecular weight excluding hydrogens is 206 g/mol. The zero-order valence-corrected chi connectivity index (χ0v) is 10.2. The molecule has 16 heavy (non-hydrogen) atoms. The number of nitrogens with zero attached hydrogens (tertiary/aromatic N) is 1. The summed E-state index contributed by atoms with van der Waals surface area (Å²) in [6, 6.07) is -0.126. The fourth-order valence-electron chi connectivity index (χ4n) is 2.07. The summed E-state index contributed by atoms with van der Waals surface area (Å²) in [6.07, 6.45) is 1.07. The van der Waals surface area contributed by atoms with Crippen molar-refractivity contribution in [1.82, 2.24) is 10.2 Å². The first-order valence-corrected chi connectivity index (χ1v) is 5.64. The Bertz CT molecular complexity index is 291. The van der Waals surface area contributed by atoms with Gasteiger partial charge < -0.3 is 16.0 Å².